The smallest absolute Gasteiger partial charge is 0.330 e. The van der Waals surface area contributed by atoms with Crippen LogP contribution in [-0.4, -0.2) is 31.3 Å². The van der Waals surface area contributed by atoms with Crippen molar-refractivity contribution in [1.29, 1.82) is 0 Å². The molecule has 0 saturated carbocycles. The van der Waals surface area contributed by atoms with E-state index in [2.05, 4.69) is 17.4 Å². The highest BCUT2D eigenvalue weighted by molar-refractivity contribution is 7.80. The van der Waals surface area contributed by atoms with Gasteiger partial charge in [0.2, 0.25) is 0 Å². The highest BCUT2D eigenvalue weighted by Crippen LogP contribution is 2.23. The van der Waals surface area contributed by atoms with E-state index in [0.29, 0.717) is 5.75 Å². The molecule has 15 heavy (non-hydrogen) atoms. The molecule has 1 nitrogen and oxygen atoms in total. The first-order valence-electron chi connectivity index (χ1n) is 4.78. The van der Waals surface area contributed by atoms with Crippen molar-refractivity contribution in [2.45, 2.75) is 32.1 Å². The van der Waals surface area contributed by atoms with Crippen LogP contribution in [0.15, 0.2) is 0 Å². The Bertz CT molecular complexity index is 166. The summed E-state index contributed by atoms with van der Waals surface area (Å²) in [5, 5.41) is 0. The van der Waals surface area contributed by atoms with Crippen molar-refractivity contribution in [2.24, 2.45) is 5.92 Å². The first-order valence-corrected chi connectivity index (χ1v) is 5.41. The highest BCUT2D eigenvalue weighted by atomic mass is 32.1. The zero-order valence-corrected chi connectivity index (χ0v) is 9.45. The van der Waals surface area contributed by atoms with Crippen molar-refractivity contribution < 1.29 is 22.3 Å². The van der Waals surface area contributed by atoms with Gasteiger partial charge >= 0.3 is 12.3 Å². The molecule has 0 rings (SSSR count). The van der Waals surface area contributed by atoms with E-state index < -0.39 is 19.0 Å². The zero-order valence-electron chi connectivity index (χ0n) is 8.56. The summed E-state index contributed by atoms with van der Waals surface area (Å²) in [4.78, 5) is 0. The molecule has 1 unspecified atom stereocenters. The standard InChI is InChI=1S/C9H16F4OS/c1-2-3-7(5-15)4-14-6-9(12,13)8(10)11/h7-8,15H,2-6H2,1H3. The number of ether oxygens (including phenoxy) is 1. The Balaban J connectivity index is 3.76. The molecule has 0 amide bonds. The molecule has 0 N–H and O–H groups in total. The summed E-state index contributed by atoms with van der Waals surface area (Å²) in [6, 6.07) is 0. The van der Waals surface area contributed by atoms with E-state index in [9.17, 15) is 17.6 Å². The monoisotopic (exact) mass is 248 g/mol. The first-order chi connectivity index (χ1) is 6.94. The summed E-state index contributed by atoms with van der Waals surface area (Å²) in [6.45, 7) is 0.780. The van der Waals surface area contributed by atoms with Crippen molar-refractivity contribution in [3.05, 3.63) is 0 Å². The minimum absolute atomic E-state index is 0.0480. The Morgan fingerprint density at radius 3 is 2.33 bits per heavy atom. The quantitative estimate of drug-likeness (QED) is 0.512. The van der Waals surface area contributed by atoms with Crippen LogP contribution in [0.2, 0.25) is 0 Å². The summed E-state index contributed by atoms with van der Waals surface area (Å²) in [5.74, 6) is -3.49. The van der Waals surface area contributed by atoms with Crippen molar-refractivity contribution in [3.63, 3.8) is 0 Å². The van der Waals surface area contributed by atoms with E-state index >= 15 is 0 Å². The van der Waals surface area contributed by atoms with E-state index in [4.69, 9.17) is 0 Å². The molecule has 0 aliphatic rings. The Kier molecular flexibility index (Phi) is 7.34. The van der Waals surface area contributed by atoms with Crippen LogP contribution in [0.25, 0.3) is 0 Å². The van der Waals surface area contributed by atoms with Crippen LogP contribution in [0.1, 0.15) is 19.8 Å². The van der Waals surface area contributed by atoms with E-state index in [-0.39, 0.29) is 12.5 Å². The Hall–Kier alpha value is 0.0300. The molecule has 6 heteroatoms. The van der Waals surface area contributed by atoms with Crippen LogP contribution in [0.5, 0.6) is 0 Å². The van der Waals surface area contributed by atoms with Gasteiger partial charge in [-0.3, -0.25) is 0 Å². The molecule has 0 heterocycles. The SMILES string of the molecule is CCCC(CS)COCC(F)(F)C(F)F. The number of hydrogen-bond donors (Lipinski definition) is 1. The summed E-state index contributed by atoms with van der Waals surface area (Å²) < 4.78 is 52.8. The fourth-order valence-electron chi connectivity index (χ4n) is 1.06. The van der Waals surface area contributed by atoms with E-state index in [0.717, 1.165) is 12.8 Å². The summed E-state index contributed by atoms with van der Waals surface area (Å²) in [6.07, 6.45) is -1.98. The van der Waals surface area contributed by atoms with Crippen LogP contribution in [0.4, 0.5) is 17.6 Å². The largest absolute Gasteiger partial charge is 0.375 e. The Morgan fingerprint density at radius 1 is 1.33 bits per heavy atom. The van der Waals surface area contributed by atoms with Gasteiger partial charge in [0.25, 0.3) is 0 Å². The minimum atomic E-state index is -4.05. The topological polar surface area (TPSA) is 9.23 Å². The number of halogens is 4. The lowest BCUT2D eigenvalue weighted by Gasteiger charge is -2.18. The van der Waals surface area contributed by atoms with Crippen molar-refractivity contribution in [1.82, 2.24) is 0 Å². The van der Waals surface area contributed by atoms with Crippen LogP contribution in [-0.2, 0) is 4.74 Å². The predicted octanol–water partition coefficient (Wildman–Crippen LogP) is 3.25. The number of thiol groups is 1. The van der Waals surface area contributed by atoms with Gasteiger partial charge in [-0.05, 0) is 18.1 Å². The van der Waals surface area contributed by atoms with Crippen LogP contribution in [0, 0.1) is 5.92 Å². The lowest BCUT2D eigenvalue weighted by atomic mass is 10.1. The first kappa shape index (κ1) is 15.0. The molecule has 0 aliphatic heterocycles. The molecule has 0 radical (unpaired) electrons. The second-order valence-corrected chi connectivity index (χ2v) is 3.78. The van der Waals surface area contributed by atoms with Gasteiger partial charge in [0, 0.05) is 0 Å². The van der Waals surface area contributed by atoms with Gasteiger partial charge < -0.3 is 4.74 Å². The van der Waals surface area contributed by atoms with Gasteiger partial charge in [-0.2, -0.15) is 21.4 Å². The van der Waals surface area contributed by atoms with Crippen molar-refractivity contribution in [2.75, 3.05) is 19.0 Å². The highest BCUT2D eigenvalue weighted by Gasteiger charge is 2.41. The molecule has 1 atom stereocenters. The summed E-state index contributed by atoms with van der Waals surface area (Å²) >= 11 is 4.02. The average molecular weight is 248 g/mol. The third-order valence-corrected chi connectivity index (χ3v) is 2.44. The molecule has 0 aromatic carbocycles. The molecular formula is C9H16F4OS. The molecule has 0 spiro atoms. The van der Waals surface area contributed by atoms with Gasteiger partial charge in [-0.25, -0.2) is 8.78 Å². The molecule has 0 fully saturated rings. The van der Waals surface area contributed by atoms with Gasteiger partial charge in [0.15, 0.2) is 0 Å². The molecule has 0 bridgehead atoms. The van der Waals surface area contributed by atoms with Crippen molar-refractivity contribution >= 4 is 12.6 Å². The molecule has 0 saturated heterocycles. The average Bonchev–Trinajstić information content (AvgIpc) is 2.16. The Morgan fingerprint density at radius 2 is 1.93 bits per heavy atom. The van der Waals surface area contributed by atoms with E-state index in [1.807, 2.05) is 6.92 Å². The second kappa shape index (κ2) is 7.33. The van der Waals surface area contributed by atoms with Gasteiger partial charge in [0.05, 0.1) is 6.61 Å². The maximum Gasteiger partial charge on any atom is 0.330 e. The van der Waals surface area contributed by atoms with Crippen LogP contribution < -0.4 is 0 Å². The Labute approximate surface area is 92.6 Å². The normalized spacial score (nSPS) is 14.6. The lowest BCUT2D eigenvalue weighted by molar-refractivity contribution is -0.167. The number of rotatable bonds is 8. The molecular weight excluding hydrogens is 232 g/mol. The van der Waals surface area contributed by atoms with Crippen LogP contribution >= 0.6 is 12.6 Å². The molecule has 0 aliphatic carbocycles. The molecule has 92 valence electrons. The fourth-order valence-corrected chi connectivity index (χ4v) is 1.35. The number of alkyl halides is 4. The maximum atomic E-state index is 12.4. The fraction of sp³-hybridized carbons (Fsp3) is 1.00. The van der Waals surface area contributed by atoms with Crippen LogP contribution in [0.3, 0.4) is 0 Å². The van der Waals surface area contributed by atoms with Gasteiger partial charge in [-0.1, -0.05) is 13.3 Å². The van der Waals surface area contributed by atoms with E-state index in [1.165, 1.54) is 0 Å². The molecule has 0 aromatic heterocycles. The third kappa shape index (κ3) is 6.25. The van der Waals surface area contributed by atoms with Gasteiger partial charge in [-0.15, -0.1) is 0 Å². The van der Waals surface area contributed by atoms with Crippen molar-refractivity contribution in [3.8, 4) is 0 Å². The van der Waals surface area contributed by atoms with Gasteiger partial charge in [0.1, 0.15) is 6.61 Å². The van der Waals surface area contributed by atoms with E-state index in [1.54, 1.807) is 0 Å². The zero-order chi connectivity index (χ0) is 11.9. The summed E-state index contributed by atoms with van der Waals surface area (Å²) in [7, 11) is 0. The second-order valence-electron chi connectivity index (χ2n) is 3.41. The predicted molar refractivity (Wildman–Crippen MR) is 54.0 cm³/mol. The number of hydrogen-bond acceptors (Lipinski definition) is 2. The maximum absolute atomic E-state index is 12.4. The molecule has 0 aromatic rings. The lowest BCUT2D eigenvalue weighted by Crippen LogP contribution is -2.33. The third-order valence-electron chi connectivity index (χ3n) is 1.92. The summed E-state index contributed by atoms with van der Waals surface area (Å²) in [5.41, 5.74) is 0. The minimum Gasteiger partial charge on any atom is -0.375 e.